The Labute approximate surface area is 165 Å². The minimum Gasteiger partial charge on any atom is -0.316 e. The Morgan fingerprint density at radius 3 is 2.00 bits per heavy atom. The Bertz CT molecular complexity index is 1420. The molecule has 2 aromatic heterocycles. The van der Waals surface area contributed by atoms with Crippen LogP contribution >= 0.6 is 0 Å². The molecule has 0 saturated heterocycles. The van der Waals surface area contributed by atoms with Crippen molar-refractivity contribution < 1.29 is 8.42 Å². The summed E-state index contributed by atoms with van der Waals surface area (Å²) in [5.41, 5.74) is 1.68. The first-order valence-corrected chi connectivity index (χ1v) is 10.1. The maximum absolute atomic E-state index is 12.9. The number of aryl methyl sites for hydroxylation is 1. The fourth-order valence-corrected chi connectivity index (χ4v) is 4.34. The number of aromatic nitrogens is 3. The van der Waals surface area contributed by atoms with Crippen molar-refractivity contribution in [3.63, 3.8) is 0 Å². The van der Waals surface area contributed by atoms with E-state index in [-0.39, 0.29) is 10.4 Å². The molecule has 0 unspecified atom stereocenters. The maximum atomic E-state index is 12.9. The summed E-state index contributed by atoms with van der Waals surface area (Å²) in [6.45, 7) is 1.62. The quantitative estimate of drug-likeness (QED) is 0.447. The third-order valence-electron chi connectivity index (χ3n) is 4.46. The van der Waals surface area contributed by atoms with Gasteiger partial charge < -0.3 is 9.97 Å². The highest BCUT2D eigenvalue weighted by Gasteiger charge is 2.18. The Kier molecular flexibility index (Phi) is 4.51. The number of nitrogens with one attached hydrogen (secondary N) is 3. The van der Waals surface area contributed by atoms with E-state index in [2.05, 4.69) is 19.7 Å². The fraction of sp³-hybridized carbons (Fsp3) is 0.0500. The number of pyridine rings is 1. The lowest BCUT2D eigenvalue weighted by Gasteiger charge is -2.12. The Balaban J connectivity index is 1.68. The number of benzene rings is 2. The van der Waals surface area contributed by atoms with Crippen LogP contribution in [-0.2, 0) is 10.0 Å². The molecule has 0 aliphatic carbocycles. The van der Waals surface area contributed by atoms with Crippen LogP contribution in [0.4, 0.5) is 5.69 Å². The van der Waals surface area contributed by atoms with Gasteiger partial charge in [0, 0.05) is 18.1 Å². The molecule has 0 radical (unpaired) electrons. The second-order valence-corrected chi connectivity index (χ2v) is 8.14. The van der Waals surface area contributed by atoms with Crippen LogP contribution < -0.4 is 15.8 Å². The summed E-state index contributed by atoms with van der Waals surface area (Å²) < 4.78 is 28.3. The SMILES string of the molecule is Cc1cc2[nH]c(=O)c(=O)[nH]c2cc1S(=O)(=O)Nc1ccc(-c2ccncc2)cc1. The van der Waals surface area contributed by atoms with Crippen LogP contribution in [0, 0.1) is 6.92 Å². The normalized spacial score (nSPS) is 11.5. The number of H-pyrrole nitrogens is 2. The lowest BCUT2D eigenvalue weighted by Crippen LogP contribution is -2.29. The molecule has 146 valence electrons. The summed E-state index contributed by atoms with van der Waals surface area (Å²) in [6.07, 6.45) is 3.37. The maximum Gasteiger partial charge on any atom is 0.314 e. The highest BCUT2D eigenvalue weighted by Crippen LogP contribution is 2.25. The molecule has 9 heteroatoms. The third-order valence-corrected chi connectivity index (χ3v) is 5.98. The molecule has 0 amide bonds. The minimum absolute atomic E-state index is 0.00547. The van der Waals surface area contributed by atoms with Gasteiger partial charge in [-0.3, -0.25) is 19.3 Å². The van der Waals surface area contributed by atoms with E-state index in [1.54, 1.807) is 31.5 Å². The number of rotatable bonds is 4. The predicted molar refractivity (Wildman–Crippen MR) is 110 cm³/mol. The van der Waals surface area contributed by atoms with Crippen molar-refractivity contribution in [3.05, 3.63) is 87.2 Å². The van der Waals surface area contributed by atoms with Crippen LogP contribution in [0.15, 0.2) is 75.4 Å². The number of sulfonamides is 1. The van der Waals surface area contributed by atoms with Gasteiger partial charge in [-0.1, -0.05) is 12.1 Å². The summed E-state index contributed by atoms with van der Waals surface area (Å²) in [4.78, 5) is 31.8. The van der Waals surface area contributed by atoms with E-state index in [0.717, 1.165) is 11.1 Å². The number of hydrogen-bond donors (Lipinski definition) is 3. The van der Waals surface area contributed by atoms with Crippen LogP contribution in [0.5, 0.6) is 0 Å². The van der Waals surface area contributed by atoms with Gasteiger partial charge in [0.05, 0.1) is 15.9 Å². The van der Waals surface area contributed by atoms with Crippen molar-refractivity contribution in [3.8, 4) is 11.1 Å². The van der Waals surface area contributed by atoms with Crippen molar-refractivity contribution in [1.29, 1.82) is 0 Å². The number of hydrogen-bond acceptors (Lipinski definition) is 5. The molecule has 0 bridgehead atoms. The Morgan fingerprint density at radius 2 is 1.38 bits per heavy atom. The van der Waals surface area contributed by atoms with Gasteiger partial charge in [0.2, 0.25) is 0 Å². The zero-order valence-corrected chi connectivity index (χ0v) is 16.1. The van der Waals surface area contributed by atoms with Gasteiger partial charge in [-0.25, -0.2) is 8.42 Å². The van der Waals surface area contributed by atoms with E-state index in [9.17, 15) is 18.0 Å². The van der Waals surface area contributed by atoms with Crippen LogP contribution in [0.2, 0.25) is 0 Å². The predicted octanol–water partition coefficient (Wildman–Crippen LogP) is 2.39. The average molecular weight is 408 g/mol. The number of aromatic amines is 2. The molecule has 0 atom stereocenters. The molecule has 2 aromatic carbocycles. The molecule has 2 heterocycles. The summed E-state index contributed by atoms with van der Waals surface area (Å²) >= 11 is 0. The highest BCUT2D eigenvalue weighted by atomic mass is 32.2. The lowest BCUT2D eigenvalue weighted by atomic mass is 10.1. The average Bonchev–Trinajstić information content (AvgIpc) is 2.70. The molecule has 0 aliphatic rings. The topological polar surface area (TPSA) is 125 Å². The first-order valence-electron chi connectivity index (χ1n) is 8.64. The van der Waals surface area contributed by atoms with Crippen molar-refractivity contribution in [2.75, 3.05) is 4.72 Å². The van der Waals surface area contributed by atoms with Gasteiger partial charge in [0.25, 0.3) is 10.0 Å². The van der Waals surface area contributed by atoms with E-state index in [1.165, 1.54) is 12.1 Å². The molecule has 3 N–H and O–H groups in total. The second kappa shape index (κ2) is 7.02. The Morgan fingerprint density at radius 1 is 0.828 bits per heavy atom. The Hall–Kier alpha value is -3.72. The zero-order chi connectivity index (χ0) is 20.6. The third kappa shape index (κ3) is 3.67. The first-order chi connectivity index (χ1) is 13.8. The molecule has 8 nitrogen and oxygen atoms in total. The van der Waals surface area contributed by atoms with Gasteiger partial charge in [-0.05, 0) is 60.0 Å². The molecular formula is C20H16N4O4S. The number of anilines is 1. The summed E-state index contributed by atoms with van der Waals surface area (Å²) in [7, 11) is -3.91. The van der Waals surface area contributed by atoms with Crippen LogP contribution in [0.1, 0.15) is 5.56 Å². The zero-order valence-electron chi connectivity index (χ0n) is 15.3. The summed E-state index contributed by atoms with van der Waals surface area (Å²) in [5.74, 6) is 0. The fourth-order valence-electron chi connectivity index (χ4n) is 3.03. The number of fused-ring (bicyclic) bond motifs is 1. The van der Waals surface area contributed by atoms with Crippen LogP contribution in [-0.4, -0.2) is 23.4 Å². The smallest absolute Gasteiger partial charge is 0.314 e. The van der Waals surface area contributed by atoms with Crippen molar-refractivity contribution in [2.45, 2.75) is 11.8 Å². The van der Waals surface area contributed by atoms with Crippen LogP contribution in [0.25, 0.3) is 22.2 Å². The number of nitrogens with zero attached hydrogens (tertiary/aromatic N) is 1. The lowest BCUT2D eigenvalue weighted by molar-refractivity contribution is 0.600. The molecule has 4 rings (SSSR count). The molecule has 4 aromatic rings. The van der Waals surface area contributed by atoms with E-state index in [4.69, 9.17) is 0 Å². The van der Waals surface area contributed by atoms with Crippen molar-refractivity contribution in [2.24, 2.45) is 0 Å². The van der Waals surface area contributed by atoms with Gasteiger partial charge in [-0.15, -0.1) is 0 Å². The van der Waals surface area contributed by atoms with E-state index in [0.29, 0.717) is 16.8 Å². The van der Waals surface area contributed by atoms with E-state index < -0.39 is 21.1 Å². The molecule has 0 aliphatic heterocycles. The molecule has 0 spiro atoms. The molecule has 0 fully saturated rings. The molecule has 29 heavy (non-hydrogen) atoms. The van der Waals surface area contributed by atoms with Gasteiger partial charge in [0.15, 0.2) is 0 Å². The van der Waals surface area contributed by atoms with Crippen molar-refractivity contribution >= 4 is 26.7 Å². The van der Waals surface area contributed by atoms with Crippen LogP contribution in [0.3, 0.4) is 0 Å². The monoisotopic (exact) mass is 408 g/mol. The van der Waals surface area contributed by atoms with Crippen molar-refractivity contribution in [1.82, 2.24) is 15.0 Å². The van der Waals surface area contributed by atoms with Gasteiger partial charge >= 0.3 is 11.1 Å². The minimum atomic E-state index is -3.91. The van der Waals surface area contributed by atoms with E-state index in [1.807, 2.05) is 24.3 Å². The second-order valence-electron chi connectivity index (χ2n) is 6.49. The first kappa shape index (κ1) is 18.6. The molecular weight excluding hydrogens is 392 g/mol. The largest absolute Gasteiger partial charge is 0.316 e. The molecule has 0 saturated carbocycles. The standard InChI is InChI=1S/C20H16N4O4S/c1-12-10-16-17(23-20(26)19(25)22-16)11-18(12)29(27,28)24-15-4-2-13(3-5-15)14-6-8-21-9-7-14/h2-11,24H,1H3,(H,22,25)(H,23,26). The summed E-state index contributed by atoms with van der Waals surface area (Å²) in [5, 5.41) is 0. The highest BCUT2D eigenvalue weighted by molar-refractivity contribution is 7.92. The van der Waals surface area contributed by atoms with Gasteiger partial charge in [-0.2, -0.15) is 0 Å². The van der Waals surface area contributed by atoms with E-state index >= 15 is 0 Å². The summed E-state index contributed by atoms with van der Waals surface area (Å²) in [6, 6.07) is 13.5. The van der Waals surface area contributed by atoms with Gasteiger partial charge in [0.1, 0.15) is 0 Å².